The summed E-state index contributed by atoms with van der Waals surface area (Å²) in [6.07, 6.45) is 8.35. The van der Waals surface area contributed by atoms with Gasteiger partial charge in [0.05, 0.1) is 37.2 Å². The molecule has 0 spiro atoms. The number of carbonyl (C=O) groups excluding carboxylic acids is 1. The summed E-state index contributed by atoms with van der Waals surface area (Å²) in [4.78, 5) is 14.8. The van der Waals surface area contributed by atoms with E-state index in [9.17, 15) is 4.79 Å². The monoisotopic (exact) mass is 444 g/mol. The van der Waals surface area contributed by atoms with E-state index in [2.05, 4.69) is 36.4 Å². The highest BCUT2D eigenvalue weighted by molar-refractivity contribution is 5.91. The first kappa shape index (κ1) is 23.6. The van der Waals surface area contributed by atoms with Gasteiger partial charge in [-0.2, -0.15) is 5.10 Å². The van der Waals surface area contributed by atoms with Crippen molar-refractivity contribution in [1.29, 1.82) is 0 Å². The lowest BCUT2D eigenvalue weighted by atomic mass is 9.94. The van der Waals surface area contributed by atoms with Crippen LogP contribution in [0.25, 0.3) is 0 Å². The van der Waals surface area contributed by atoms with Gasteiger partial charge in [-0.05, 0) is 18.9 Å². The van der Waals surface area contributed by atoms with Crippen LogP contribution in [0.4, 0.5) is 0 Å². The fraction of sp³-hybridized carbons (Fsp3) is 0.667. The molecule has 0 saturated heterocycles. The number of nitrogens with one attached hydrogen (secondary N) is 1. The minimum atomic E-state index is -0.243. The maximum absolute atomic E-state index is 12.2. The molecular formula is C18H30Cl2N8O. The van der Waals surface area contributed by atoms with Crippen LogP contribution in [0.3, 0.4) is 0 Å². The van der Waals surface area contributed by atoms with Crippen LogP contribution in [0.2, 0.25) is 0 Å². The van der Waals surface area contributed by atoms with E-state index in [0.717, 1.165) is 31.4 Å². The Morgan fingerprint density at radius 3 is 2.76 bits per heavy atom. The normalized spacial score (nSPS) is 17.1. The Kier molecular flexibility index (Phi) is 8.88. The Morgan fingerprint density at radius 2 is 2.00 bits per heavy atom. The highest BCUT2D eigenvalue weighted by atomic mass is 35.5. The average molecular weight is 445 g/mol. The molecule has 0 atom stereocenters. The summed E-state index contributed by atoms with van der Waals surface area (Å²) in [6, 6.07) is 2.84. The van der Waals surface area contributed by atoms with Gasteiger partial charge >= 0.3 is 0 Å². The molecule has 1 aliphatic heterocycles. The molecule has 0 radical (unpaired) electrons. The highest BCUT2D eigenvalue weighted by Crippen LogP contribution is 2.26. The van der Waals surface area contributed by atoms with Gasteiger partial charge in [-0.25, -0.2) is 0 Å². The molecule has 9 nitrogen and oxygen atoms in total. The van der Waals surface area contributed by atoms with Crippen LogP contribution in [-0.2, 0) is 26.2 Å². The van der Waals surface area contributed by atoms with E-state index in [-0.39, 0.29) is 30.7 Å². The first-order valence-corrected chi connectivity index (χ1v) is 9.91. The summed E-state index contributed by atoms with van der Waals surface area (Å²) in [5.74, 6) is -0.243. The van der Waals surface area contributed by atoms with E-state index in [4.69, 9.17) is 5.73 Å². The van der Waals surface area contributed by atoms with E-state index in [1.165, 1.54) is 37.8 Å². The molecule has 0 bridgehead atoms. The van der Waals surface area contributed by atoms with Gasteiger partial charge in [-0.15, -0.1) is 29.9 Å². The van der Waals surface area contributed by atoms with Gasteiger partial charge in [0.2, 0.25) is 0 Å². The third-order valence-corrected chi connectivity index (χ3v) is 5.53. The van der Waals surface area contributed by atoms with Crippen LogP contribution in [0, 0.1) is 0 Å². The van der Waals surface area contributed by atoms with Crippen LogP contribution in [0.15, 0.2) is 12.3 Å². The fourth-order valence-electron chi connectivity index (χ4n) is 4.10. The molecule has 1 amide bonds. The van der Waals surface area contributed by atoms with Crippen molar-refractivity contribution < 1.29 is 4.79 Å². The minimum Gasteiger partial charge on any atom is -0.345 e. The molecule has 0 aromatic carbocycles. The van der Waals surface area contributed by atoms with Crippen LogP contribution < -0.4 is 11.1 Å². The number of carbonyl (C=O) groups is 1. The lowest BCUT2D eigenvalue weighted by molar-refractivity contribution is 0.0945. The van der Waals surface area contributed by atoms with E-state index < -0.39 is 0 Å². The first-order chi connectivity index (χ1) is 13.2. The third kappa shape index (κ3) is 5.69. The summed E-state index contributed by atoms with van der Waals surface area (Å²) in [5, 5.41) is 15.3. The second-order valence-electron chi connectivity index (χ2n) is 7.45. The van der Waals surface area contributed by atoms with E-state index >= 15 is 0 Å². The maximum Gasteiger partial charge on any atom is 0.273 e. The third-order valence-electron chi connectivity index (χ3n) is 5.53. The van der Waals surface area contributed by atoms with Gasteiger partial charge in [-0.1, -0.05) is 24.5 Å². The topological polar surface area (TPSA) is 107 Å². The fourth-order valence-corrected chi connectivity index (χ4v) is 4.10. The molecule has 11 heteroatoms. The standard InChI is InChI=1S/C18H28N8O.2ClH/c19-6-7-25-13-17(21-23-25)18(27)20-11-14-10-16-12-24(8-9-26(16)22-14)15-4-2-1-3-5-15;;/h10,13,15H,1-9,11-12,19H2,(H,20,27);2*1H. The van der Waals surface area contributed by atoms with Gasteiger partial charge in [0.15, 0.2) is 5.69 Å². The molecule has 2 aromatic heterocycles. The molecule has 2 aromatic rings. The molecule has 1 fully saturated rings. The molecule has 0 unspecified atom stereocenters. The molecule has 3 N–H and O–H groups in total. The minimum absolute atomic E-state index is 0. The van der Waals surface area contributed by atoms with Crippen molar-refractivity contribution in [2.45, 2.75) is 64.3 Å². The Hall–Kier alpha value is -1.68. The van der Waals surface area contributed by atoms with Crippen molar-refractivity contribution in [3.8, 4) is 0 Å². The Bertz CT molecular complexity index is 787. The smallest absolute Gasteiger partial charge is 0.273 e. The van der Waals surface area contributed by atoms with Gasteiger partial charge in [0, 0.05) is 25.7 Å². The summed E-state index contributed by atoms with van der Waals surface area (Å²) < 4.78 is 3.66. The number of aromatic nitrogens is 5. The molecular weight excluding hydrogens is 415 g/mol. The van der Waals surface area contributed by atoms with Crippen molar-refractivity contribution in [2.24, 2.45) is 5.73 Å². The number of hydrogen-bond acceptors (Lipinski definition) is 6. The number of fused-ring (bicyclic) bond motifs is 1. The van der Waals surface area contributed by atoms with Crippen molar-refractivity contribution in [3.63, 3.8) is 0 Å². The number of nitrogens with zero attached hydrogens (tertiary/aromatic N) is 6. The first-order valence-electron chi connectivity index (χ1n) is 9.91. The number of nitrogens with two attached hydrogens (primary N) is 1. The van der Waals surface area contributed by atoms with Gasteiger partial charge in [-0.3, -0.25) is 19.1 Å². The molecule has 2 aliphatic rings. The van der Waals surface area contributed by atoms with E-state index in [0.29, 0.717) is 25.3 Å². The van der Waals surface area contributed by atoms with Gasteiger partial charge in [0.1, 0.15) is 0 Å². The summed E-state index contributed by atoms with van der Waals surface area (Å²) >= 11 is 0. The lowest BCUT2D eigenvalue weighted by Gasteiger charge is -2.36. The zero-order valence-corrected chi connectivity index (χ0v) is 18.1. The Balaban J connectivity index is 0.00000150. The number of amides is 1. The number of rotatable bonds is 6. The summed E-state index contributed by atoms with van der Waals surface area (Å²) in [7, 11) is 0. The lowest BCUT2D eigenvalue weighted by Crippen LogP contribution is -2.42. The molecule has 4 rings (SSSR count). The SMILES string of the molecule is Cl.Cl.NCCn1cc(C(=O)NCc2cc3n(n2)CCN(C2CCCCC2)C3)nn1. The van der Waals surface area contributed by atoms with Crippen molar-refractivity contribution >= 4 is 30.7 Å². The summed E-state index contributed by atoms with van der Waals surface area (Å²) in [6.45, 7) is 4.35. The van der Waals surface area contributed by atoms with Crippen molar-refractivity contribution in [1.82, 2.24) is 35.0 Å². The molecule has 3 heterocycles. The predicted molar refractivity (Wildman–Crippen MR) is 114 cm³/mol. The van der Waals surface area contributed by atoms with Gasteiger partial charge in [0.25, 0.3) is 5.91 Å². The second-order valence-corrected chi connectivity index (χ2v) is 7.45. The quantitative estimate of drug-likeness (QED) is 0.696. The maximum atomic E-state index is 12.2. The zero-order chi connectivity index (χ0) is 18.6. The van der Waals surface area contributed by atoms with Crippen LogP contribution in [-0.4, -0.2) is 54.7 Å². The molecule has 1 saturated carbocycles. The van der Waals surface area contributed by atoms with Crippen LogP contribution in [0.1, 0.15) is 54.0 Å². The highest BCUT2D eigenvalue weighted by Gasteiger charge is 2.26. The van der Waals surface area contributed by atoms with E-state index in [1.807, 2.05) is 0 Å². The number of halogens is 2. The van der Waals surface area contributed by atoms with Crippen LogP contribution >= 0.6 is 24.8 Å². The molecule has 1 aliphatic carbocycles. The largest absolute Gasteiger partial charge is 0.345 e. The van der Waals surface area contributed by atoms with Gasteiger partial charge < -0.3 is 11.1 Å². The number of hydrogen-bond donors (Lipinski definition) is 2. The van der Waals surface area contributed by atoms with Crippen molar-refractivity contribution in [2.75, 3.05) is 13.1 Å². The predicted octanol–water partition coefficient (Wildman–Crippen LogP) is 1.36. The summed E-state index contributed by atoms with van der Waals surface area (Å²) in [5.41, 5.74) is 7.91. The average Bonchev–Trinajstić information content (AvgIpc) is 3.33. The molecule has 29 heavy (non-hydrogen) atoms. The zero-order valence-electron chi connectivity index (χ0n) is 16.5. The Morgan fingerprint density at radius 1 is 1.21 bits per heavy atom. The Labute approximate surface area is 183 Å². The van der Waals surface area contributed by atoms with E-state index in [1.54, 1.807) is 10.9 Å². The van der Waals surface area contributed by atoms with Crippen LogP contribution in [0.5, 0.6) is 0 Å². The second kappa shape index (κ2) is 10.9. The molecule has 162 valence electrons. The van der Waals surface area contributed by atoms with Crippen molar-refractivity contribution in [3.05, 3.63) is 29.3 Å².